The van der Waals surface area contributed by atoms with Gasteiger partial charge in [-0.05, 0) is 38.6 Å². The summed E-state index contributed by atoms with van der Waals surface area (Å²) < 4.78 is 6.04. The maximum Gasteiger partial charge on any atom is 0.134 e. The van der Waals surface area contributed by atoms with Crippen molar-refractivity contribution in [2.75, 3.05) is 13.1 Å². The Labute approximate surface area is 127 Å². The highest BCUT2D eigenvalue weighted by Crippen LogP contribution is 2.36. The average molecular weight is 289 g/mol. The summed E-state index contributed by atoms with van der Waals surface area (Å²) in [6, 6.07) is 10.1. The normalized spacial score (nSPS) is 16.3. The first-order chi connectivity index (χ1) is 10.1. The van der Waals surface area contributed by atoms with Crippen molar-refractivity contribution in [3.8, 4) is 0 Å². The van der Waals surface area contributed by atoms with Gasteiger partial charge in [-0.25, -0.2) is 5.43 Å². The van der Waals surface area contributed by atoms with Gasteiger partial charge in [0, 0.05) is 10.9 Å². The number of nitrogens with one attached hydrogen (secondary N) is 1. The quantitative estimate of drug-likeness (QED) is 0.605. The van der Waals surface area contributed by atoms with E-state index in [0.717, 1.165) is 36.2 Å². The summed E-state index contributed by atoms with van der Waals surface area (Å²) in [6.45, 7) is 10.8. The lowest BCUT2D eigenvalue weighted by Gasteiger charge is -2.44. The van der Waals surface area contributed by atoms with Crippen LogP contribution in [0, 0.1) is 0 Å². The number of fused-ring (bicyclic) bond motifs is 1. The van der Waals surface area contributed by atoms with Crippen molar-refractivity contribution in [3.63, 3.8) is 0 Å². The van der Waals surface area contributed by atoms with Crippen molar-refractivity contribution < 1.29 is 4.42 Å². The number of hydrazine groups is 1. The van der Waals surface area contributed by atoms with Crippen LogP contribution >= 0.6 is 0 Å². The molecule has 1 aromatic heterocycles. The number of rotatable bonds is 7. The van der Waals surface area contributed by atoms with Crippen molar-refractivity contribution in [2.24, 2.45) is 5.84 Å². The number of nitrogens with zero attached hydrogens (tertiary/aromatic N) is 1. The average Bonchev–Trinajstić information content (AvgIpc) is 2.92. The summed E-state index contributed by atoms with van der Waals surface area (Å²) in [7, 11) is 0. The number of nitrogens with two attached hydrogens (primary N) is 1. The van der Waals surface area contributed by atoms with Gasteiger partial charge in [-0.2, -0.15) is 0 Å². The van der Waals surface area contributed by atoms with E-state index in [9.17, 15) is 0 Å². The van der Waals surface area contributed by atoms with Gasteiger partial charge in [0.15, 0.2) is 0 Å². The molecule has 0 aliphatic rings. The molecule has 0 aliphatic heterocycles. The Kier molecular flexibility index (Phi) is 5.04. The second kappa shape index (κ2) is 6.60. The molecule has 0 radical (unpaired) electrons. The van der Waals surface area contributed by atoms with Gasteiger partial charge in [-0.3, -0.25) is 10.7 Å². The molecule has 1 heterocycles. The summed E-state index contributed by atoms with van der Waals surface area (Å²) in [6.07, 6.45) is 0.987. The summed E-state index contributed by atoms with van der Waals surface area (Å²) in [4.78, 5) is 2.44. The Bertz CT molecular complexity index is 543. The van der Waals surface area contributed by atoms with Crippen LogP contribution in [-0.2, 0) is 0 Å². The second-order valence-electron chi connectivity index (χ2n) is 5.67. The molecular formula is C17H27N3O. The van der Waals surface area contributed by atoms with Gasteiger partial charge in [0.2, 0.25) is 0 Å². The van der Waals surface area contributed by atoms with Gasteiger partial charge in [0.05, 0.1) is 6.04 Å². The van der Waals surface area contributed by atoms with E-state index in [1.54, 1.807) is 0 Å². The van der Waals surface area contributed by atoms with Gasteiger partial charge >= 0.3 is 0 Å². The highest BCUT2D eigenvalue weighted by atomic mass is 16.3. The Morgan fingerprint density at radius 3 is 2.43 bits per heavy atom. The van der Waals surface area contributed by atoms with Gasteiger partial charge in [0.25, 0.3) is 0 Å². The van der Waals surface area contributed by atoms with Crippen LogP contribution in [0.25, 0.3) is 11.0 Å². The monoisotopic (exact) mass is 289 g/mol. The first-order valence-electron chi connectivity index (χ1n) is 7.80. The van der Waals surface area contributed by atoms with E-state index in [-0.39, 0.29) is 11.6 Å². The minimum absolute atomic E-state index is 0.0465. The summed E-state index contributed by atoms with van der Waals surface area (Å²) in [5.41, 5.74) is 3.80. The molecule has 4 heteroatoms. The molecule has 2 rings (SSSR count). The van der Waals surface area contributed by atoms with Crippen LogP contribution in [0.1, 0.15) is 45.9 Å². The van der Waals surface area contributed by atoms with E-state index in [0.29, 0.717) is 0 Å². The number of benzene rings is 1. The van der Waals surface area contributed by atoms with Crippen LogP contribution in [0.3, 0.4) is 0 Å². The minimum atomic E-state index is -0.0911. The molecule has 0 bridgehead atoms. The highest BCUT2D eigenvalue weighted by molar-refractivity contribution is 5.77. The third-order valence-electron chi connectivity index (χ3n) is 4.72. The van der Waals surface area contributed by atoms with E-state index in [1.807, 2.05) is 18.2 Å². The molecule has 2 atom stereocenters. The first-order valence-corrected chi connectivity index (χ1v) is 7.80. The van der Waals surface area contributed by atoms with E-state index < -0.39 is 0 Å². The number of hydrogen-bond donors (Lipinski definition) is 2. The molecule has 0 fully saturated rings. The SMILES string of the molecule is CCN(CC)C(C)(CC)C(NN)c1cc2ccccc2o1. The molecule has 0 aliphatic carbocycles. The van der Waals surface area contributed by atoms with Crippen molar-refractivity contribution in [2.45, 2.75) is 45.7 Å². The summed E-state index contributed by atoms with van der Waals surface area (Å²) in [5.74, 6) is 6.80. The number of hydrogen-bond acceptors (Lipinski definition) is 4. The first kappa shape index (κ1) is 16.0. The van der Waals surface area contributed by atoms with Crippen LogP contribution in [-0.4, -0.2) is 23.5 Å². The maximum atomic E-state index is 6.04. The zero-order valence-electron chi connectivity index (χ0n) is 13.5. The predicted molar refractivity (Wildman–Crippen MR) is 87.9 cm³/mol. The topological polar surface area (TPSA) is 54.4 Å². The molecule has 3 N–H and O–H groups in total. The molecule has 21 heavy (non-hydrogen) atoms. The fourth-order valence-electron chi connectivity index (χ4n) is 3.27. The fourth-order valence-corrected chi connectivity index (χ4v) is 3.27. The maximum absolute atomic E-state index is 6.04. The van der Waals surface area contributed by atoms with Crippen LogP contribution in [0.15, 0.2) is 34.7 Å². The van der Waals surface area contributed by atoms with Crippen molar-refractivity contribution in [1.29, 1.82) is 0 Å². The number of likely N-dealkylation sites (N-methyl/N-ethyl adjacent to an activating group) is 1. The van der Waals surface area contributed by atoms with Gasteiger partial charge in [-0.1, -0.05) is 39.0 Å². The molecule has 0 saturated carbocycles. The standard InChI is InChI=1S/C17H27N3O/c1-5-17(4,20(6-2)7-3)16(19-18)15-12-13-10-8-9-11-14(13)21-15/h8-12,16,19H,5-7,18H2,1-4H3. The zero-order valence-corrected chi connectivity index (χ0v) is 13.5. The largest absolute Gasteiger partial charge is 0.459 e. The Morgan fingerprint density at radius 2 is 1.90 bits per heavy atom. The number of para-hydroxylation sites is 1. The molecule has 0 spiro atoms. The third kappa shape index (κ3) is 2.84. The van der Waals surface area contributed by atoms with Crippen LogP contribution in [0.2, 0.25) is 0 Å². The molecule has 0 amide bonds. The van der Waals surface area contributed by atoms with Crippen molar-refractivity contribution in [1.82, 2.24) is 10.3 Å². The van der Waals surface area contributed by atoms with Crippen LogP contribution < -0.4 is 11.3 Å². The Balaban J connectivity index is 2.45. The Hall–Kier alpha value is -1.36. The minimum Gasteiger partial charge on any atom is -0.459 e. The second-order valence-corrected chi connectivity index (χ2v) is 5.67. The summed E-state index contributed by atoms with van der Waals surface area (Å²) >= 11 is 0. The molecule has 4 nitrogen and oxygen atoms in total. The predicted octanol–water partition coefficient (Wildman–Crippen LogP) is 3.45. The van der Waals surface area contributed by atoms with Crippen molar-refractivity contribution in [3.05, 3.63) is 36.1 Å². The molecule has 116 valence electrons. The Morgan fingerprint density at radius 1 is 1.24 bits per heavy atom. The molecule has 1 aromatic carbocycles. The van der Waals surface area contributed by atoms with E-state index in [1.165, 1.54) is 0 Å². The molecular weight excluding hydrogens is 262 g/mol. The van der Waals surface area contributed by atoms with Gasteiger partial charge in [0.1, 0.15) is 11.3 Å². The summed E-state index contributed by atoms with van der Waals surface area (Å²) in [5, 5.41) is 1.12. The van der Waals surface area contributed by atoms with Crippen molar-refractivity contribution >= 4 is 11.0 Å². The number of furan rings is 1. The molecule has 2 unspecified atom stereocenters. The zero-order chi connectivity index (χ0) is 15.5. The fraction of sp³-hybridized carbons (Fsp3) is 0.529. The van der Waals surface area contributed by atoms with E-state index in [4.69, 9.17) is 10.3 Å². The third-order valence-corrected chi connectivity index (χ3v) is 4.72. The van der Waals surface area contributed by atoms with E-state index >= 15 is 0 Å². The highest BCUT2D eigenvalue weighted by Gasteiger charge is 2.39. The lowest BCUT2D eigenvalue weighted by molar-refractivity contribution is 0.0620. The van der Waals surface area contributed by atoms with Crippen LogP contribution in [0.4, 0.5) is 0 Å². The lowest BCUT2D eigenvalue weighted by atomic mass is 9.85. The lowest BCUT2D eigenvalue weighted by Crippen LogP contribution is -2.55. The van der Waals surface area contributed by atoms with Crippen LogP contribution in [0.5, 0.6) is 0 Å². The van der Waals surface area contributed by atoms with Gasteiger partial charge < -0.3 is 4.42 Å². The molecule has 2 aromatic rings. The van der Waals surface area contributed by atoms with Gasteiger partial charge in [-0.15, -0.1) is 0 Å². The smallest absolute Gasteiger partial charge is 0.134 e. The molecule has 0 saturated heterocycles. The van der Waals surface area contributed by atoms with E-state index in [2.05, 4.69) is 50.2 Å².